The van der Waals surface area contributed by atoms with Crippen LogP contribution < -0.4 is 12.4 Å². The van der Waals surface area contributed by atoms with Crippen LogP contribution in [0.25, 0.3) is 0 Å². The Morgan fingerprint density at radius 1 is 1.38 bits per heavy atom. The van der Waals surface area contributed by atoms with Crippen LogP contribution in [0.5, 0.6) is 0 Å². The highest BCUT2D eigenvalue weighted by atomic mass is 35.5. The zero-order chi connectivity index (χ0) is 9.61. The summed E-state index contributed by atoms with van der Waals surface area (Å²) in [5.74, 6) is -0.258. The van der Waals surface area contributed by atoms with Crippen LogP contribution in [0, 0.1) is 0 Å². The summed E-state index contributed by atoms with van der Waals surface area (Å²) in [6.45, 7) is 3.07. The molecular weight excluding hydrogens is 190 g/mol. The Kier molecular flexibility index (Phi) is 7.96. The van der Waals surface area contributed by atoms with E-state index in [4.69, 9.17) is 4.74 Å². The molecule has 78 valence electrons. The van der Waals surface area contributed by atoms with Crippen LogP contribution in [0.15, 0.2) is 12.2 Å². The van der Waals surface area contributed by atoms with E-state index < -0.39 is 0 Å². The summed E-state index contributed by atoms with van der Waals surface area (Å²) >= 11 is 0. The summed E-state index contributed by atoms with van der Waals surface area (Å²) < 4.78 is 5.54. The molecule has 0 spiro atoms. The first-order valence-corrected chi connectivity index (χ1v) is 4.09. The first-order valence-electron chi connectivity index (χ1n) is 4.09. The smallest absolute Gasteiger partial charge is 0.330 e. The SMILES string of the molecule is CCOC(=O)/C=C/C[N+](C)(C)C.[Cl-]. The lowest BCUT2D eigenvalue weighted by Gasteiger charge is -2.21. The fourth-order valence-electron chi connectivity index (χ4n) is 0.656. The van der Waals surface area contributed by atoms with Crippen molar-refractivity contribution in [2.24, 2.45) is 0 Å². The number of esters is 1. The molecule has 0 aromatic heterocycles. The van der Waals surface area contributed by atoms with Crippen LogP contribution in [-0.4, -0.2) is 44.7 Å². The highest BCUT2D eigenvalue weighted by Gasteiger charge is 2.02. The van der Waals surface area contributed by atoms with E-state index >= 15 is 0 Å². The van der Waals surface area contributed by atoms with Crippen molar-refractivity contribution in [1.29, 1.82) is 0 Å². The van der Waals surface area contributed by atoms with Crippen LogP contribution in [0.4, 0.5) is 0 Å². The average molecular weight is 208 g/mol. The highest BCUT2D eigenvalue weighted by molar-refractivity contribution is 5.81. The minimum absolute atomic E-state index is 0. The minimum Gasteiger partial charge on any atom is -1.00 e. The van der Waals surface area contributed by atoms with E-state index in [2.05, 4.69) is 21.1 Å². The Labute approximate surface area is 86.4 Å². The predicted octanol–water partition coefficient (Wildman–Crippen LogP) is -2.18. The molecule has 0 aliphatic rings. The normalized spacial score (nSPS) is 11.1. The van der Waals surface area contributed by atoms with Gasteiger partial charge in [0.25, 0.3) is 0 Å². The first kappa shape index (κ1) is 15.0. The molecule has 0 bridgehead atoms. The molecular formula is C9H18ClNO2. The number of halogens is 1. The zero-order valence-corrected chi connectivity index (χ0v) is 9.47. The number of hydrogen-bond acceptors (Lipinski definition) is 2. The Morgan fingerprint density at radius 3 is 2.31 bits per heavy atom. The predicted molar refractivity (Wildman–Crippen MR) is 48.7 cm³/mol. The van der Waals surface area contributed by atoms with Crippen molar-refractivity contribution in [1.82, 2.24) is 0 Å². The molecule has 0 heterocycles. The molecule has 0 aromatic rings. The van der Waals surface area contributed by atoms with Gasteiger partial charge in [0, 0.05) is 6.08 Å². The van der Waals surface area contributed by atoms with E-state index in [1.165, 1.54) is 6.08 Å². The number of rotatable bonds is 4. The second-order valence-corrected chi connectivity index (χ2v) is 3.63. The van der Waals surface area contributed by atoms with E-state index in [-0.39, 0.29) is 18.4 Å². The number of ether oxygens (including phenoxy) is 1. The van der Waals surface area contributed by atoms with E-state index in [0.717, 1.165) is 11.0 Å². The van der Waals surface area contributed by atoms with Crippen LogP contribution >= 0.6 is 0 Å². The molecule has 0 unspecified atom stereocenters. The second kappa shape index (κ2) is 6.92. The van der Waals surface area contributed by atoms with Gasteiger partial charge in [-0.2, -0.15) is 0 Å². The molecule has 13 heavy (non-hydrogen) atoms. The Hall–Kier alpha value is -0.540. The monoisotopic (exact) mass is 207 g/mol. The van der Waals surface area contributed by atoms with Crippen molar-refractivity contribution in [3.05, 3.63) is 12.2 Å². The summed E-state index contributed by atoms with van der Waals surface area (Å²) in [6.07, 6.45) is 3.31. The van der Waals surface area contributed by atoms with Crippen molar-refractivity contribution in [2.45, 2.75) is 6.92 Å². The number of carbonyl (C=O) groups is 1. The van der Waals surface area contributed by atoms with Gasteiger partial charge in [-0.3, -0.25) is 0 Å². The van der Waals surface area contributed by atoms with Gasteiger partial charge in [-0.15, -0.1) is 0 Å². The largest absolute Gasteiger partial charge is 1.00 e. The van der Waals surface area contributed by atoms with Crippen molar-refractivity contribution in [3.63, 3.8) is 0 Å². The maximum Gasteiger partial charge on any atom is 0.330 e. The molecule has 0 saturated heterocycles. The maximum absolute atomic E-state index is 10.8. The van der Waals surface area contributed by atoms with E-state index in [0.29, 0.717) is 6.61 Å². The molecule has 0 N–H and O–H groups in total. The van der Waals surface area contributed by atoms with Crippen LogP contribution in [0.3, 0.4) is 0 Å². The van der Waals surface area contributed by atoms with Gasteiger partial charge >= 0.3 is 5.97 Å². The van der Waals surface area contributed by atoms with E-state index in [1.807, 2.05) is 6.08 Å². The lowest BCUT2D eigenvalue weighted by molar-refractivity contribution is -0.864. The lowest BCUT2D eigenvalue weighted by Crippen LogP contribution is -3.00. The fourth-order valence-corrected chi connectivity index (χ4v) is 0.656. The molecule has 0 aromatic carbocycles. The van der Waals surface area contributed by atoms with Gasteiger partial charge in [-0.05, 0) is 13.0 Å². The van der Waals surface area contributed by atoms with Gasteiger partial charge in [0.2, 0.25) is 0 Å². The third kappa shape index (κ3) is 11.5. The molecule has 0 saturated carbocycles. The molecule has 4 heteroatoms. The quantitative estimate of drug-likeness (QED) is 0.298. The maximum atomic E-state index is 10.8. The van der Waals surface area contributed by atoms with Crippen molar-refractivity contribution in [2.75, 3.05) is 34.3 Å². The van der Waals surface area contributed by atoms with Gasteiger partial charge in [-0.25, -0.2) is 4.79 Å². The van der Waals surface area contributed by atoms with Crippen LogP contribution in [-0.2, 0) is 9.53 Å². The minimum atomic E-state index is -0.258. The molecule has 0 amide bonds. The van der Waals surface area contributed by atoms with Gasteiger partial charge in [0.05, 0.1) is 34.3 Å². The summed E-state index contributed by atoms with van der Waals surface area (Å²) in [5.41, 5.74) is 0. The molecule has 0 atom stereocenters. The van der Waals surface area contributed by atoms with E-state index in [9.17, 15) is 4.79 Å². The highest BCUT2D eigenvalue weighted by Crippen LogP contribution is 1.90. The number of likely N-dealkylation sites (N-methyl/N-ethyl adjacent to an activating group) is 1. The average Bonchev–Trinajstić information content (AvgIpc) is 1.84. The van der Waals surface area contributed by atoms with Gasteiger partial charge in [0.15, 0.2) is 0 Å². The van der Waals surface area contributed by atoms with Crippen molar-refractivity contribution in [3.8, 4) is 0 Å². The Morgan fingerprint density at radius 2 is 1.92 bits per heavy atom. The standard InChI is InChI=1S/C9H18NO2.ClH/c1-5-12-9(11)7-6-8-10(2,3)4;/h6-7H,5,8H2,1-4H3;1H/q+1;/p-1/b7-6+;. The lowest BCUT2D eigenvalue weighted by atomic mass is 10.4. The summed E-state index contributed by atoms with van der Waals surface area (Å²) in [4.78, 5) is 10.8. The first-order chi connectivity index (χ1) is 5.45. The summed E-state index contributed by atoms with van der Waals surface area (Å²) in [6, 6.07) is 0. The van der Waals surface area contributed by atoms with Crippen LogP contribution in [0.2, 0.25) is 0 Å². The van der Waals surface area contributed by atoms with Crippen molar-refractivity contribution < 1.29 is 26.4 Å². The number of hydrogen-bond donors (Lipinski definition) is 0. The zero-order valence-electron chi connectivity index (χ0n) is 8.71. The Bertz CT molecular complexity index is 173. The van der Waals surface area contributed by atoms with Crippen molar-refractivity contribution >= 4 is 5.97 Å². The molecule has 0 aliphatic carbocycles. The van der Waals surface area contributed by atoms with Crippen LogP contribution in [0.1, 0.15) is 6.92 Å². The van der Waals surface area contributed by atoms with E-state index in [1.54, 1.807) is 6.92 Å². The molecule has 3 nitrogen and oxygen atoms in total. The van der Waals surface area contributed by atoms with Gasteiger partial charge in [-0.1, -0.05) is 0 Å². The number of carbonyl (C=O) groups excluding carboxylic acids is 1. The molecule has 0 radical (unpaired) electrons. The topological polar surface area (TPSA) is 26.3 Å². The summed E-state index contributed by atoms with van der Waals surface area (Å²) in [5, 5.41) is 0. The molecule has 0 aliphatic heterocycles. The third-order valence-corrected chi connectivity index (χ3v) is 1.19. The summed E-state index contributed by atoms with van der Waals surface area (Å²) in [7, 11) is 6.19. The molecule has 0 fully saturated rings. The number of nitrogens with zero attached hydrogens (tertiary/aromatic N) is 1. The van der Waals surface area contributed by atoms with Gasteiger partial charge in [0.1, 0.15) is 0 Å². The number of quaternary nitrogens is 1. The second-order valence-electron chi connectivity index (χ2n) is 3.63. The Balaban J connectivity index is 0. The fraction of sp³-hybridized carbons (Fsp3) is 0.667. The molecule has 0 rings (SSSR count). The van der Waals surface area contributed by atoms with Gasteiger partial charge < -0.3 is 21.6 Å². The third-order valence-electron chi connectivity index (χ3n) is 1.19.